The lowest BCUT2D eigenvalue weighted by molar-refractivity contribution is 0.422. The quantitative estimate of drug-likeness (QED) is 0.899. The third kappa shape index (κ3) is 2.16. The lowest BCUT2D eigenvalue weighted by atomic mass is 9.98. The van der Waals surface area contributed by atoms with Crippen molar-refractivity contribution in [3.8, 4) is 11.5 Å². The van der Waals surface area contributed by atoms with Gasteiger partial charge < -0.3 is 9.84 Å². The molecule has 0 spiro atoms. The monoisotopic (exact) mass is 243 g/mol. The zero-order chi connectivity index (χ0) is 12.4. The second-order valence-electron chi connectivity index (χ2n) is 4.68. The Morgan fingerprint density at radius 1 is 1.33 bits per heavy atom. The Balaban J connectivity index is 1.91. The molecule has 0 radical (unpaired) electrons. The summed E-state index contributed by atoms with van der Waals surface area (Å²) in [7, 11) is 0. The van der Waals surface area contributed by atoms with E-state index < -0.39 is 0 Å². The number of aryl methyl sites for hydroxylation is 1. The van der Waals surface area contributed by atoms with Gasteiger partial charge in [-0.15, -0.1) is 0 Å². The summed E-state index contributed by atoms with van der Waals surface area (Å²) in [5.41, 5.74) is 3.78. The summed E-state index contributed by atoms with van der Waals surface area (Å²) in [5.74, 6) is 1.43. The van der Waals surface area contributed by atoms with E-state index in [2.05, 4.69) is 40.6 Å². The molecule has 94 valence electrons. The van der Waals surface area contributed by atoms with Gasteiger partial charge in [0.05, 0.1) is 0 Å². The minimum atomic E-state index is 0.631. The van der Waals surface area contributed by atoms with E-state index in [9.17, 15) is 0 Å². The number of aromatic nitrogens is 2. The molecule has 0 atom stereocenters. The minimum Gasteiger partial charge on any atom is -0.334 e. The zero-order valence-corrected chi connectivity index (χ0v) is 10.6. The van der Waals surface area contributed by atoms with Gasteiger partial charge in [0.15, 0.2) is 5.82 Å². The van der Waals surface area contributed by atoms with Gasteiger partial charge in [-0.25, -0.2) is 0 Å². The Hall–Kier alpha value is -1.68. The van der Waals surface area contributed by atoms with Crippen LogP contribution in [0.25, 0.3) is 11.5 Å². The van der Waals surface area contributed by atoms with E-state index in [0.717, 1.165) is 43.7 Å². The second kappa shape index (κ2) is 4.90. The van der Waals surface area contributed by atoms with Crippen molar-refractivity contribution >= 4 is 0 Å². The average molecular weight is 243 g/mol. The number of hydrogen-bond acceptors (Lipinski definition) is 4. The molecular weight excluding hydrogens is 226 g/mol. The van der Waals surface area contributed by atoms with Crippen molar-refractivity contribution in [2.45, 2.75) is 32.7 Å². The Kier molecular flexibility index (Phi) is 3.11. The number of nitrogens with one attached hydrogen (secondary N) is 1. The summed E-state index contributed by atoms with van der Waals surface area (Å²) < 4.78 is 5.31. The molecule has 4 heteroatoms. The van der Waals surface area contributed by atoms with Crippen molar-refractivity contribution in [2.75, 3.05) is 6.54 Å². The average Bonchev–Trinajstić information content (AvgIpc) is 2.87. The van der Waals surface area contributed by atoms with Crippen molar-refractivity contribution in [3.05, 3.63) is 35.2 Å². The first kappa shape index (κ1) is 11.4. The van der Waals surface area contributed by atoms with Crippen LogP contribution in [0.15, 0.2) is 22.7 Å². The van der Waals surface area contributed by atoms with E-state index >= 15 is 0 Å². The highest BCUT2D eigenvalue weighted by molar-refractivity contribution is 5.56. The fourth-order valence-electron chi connectivity index (χ4n) is 2.31. The fourth-order valence-corrected chi connectivity index (χ4v) is 2.31. The lowest BCUT2D eigenvalue weighted by Gasteiger charge is -2.16. The molecule has 2 aromatic rings. The number of rotatable bonds is 3. The van der Waals surface area contributed by atoms with E-state index in [0.29, 0.717) is 5.89 Å². The summed E-state index contributed by atoms with van der Waals surface area (Å²) in [6, 6.07) is 6.41. The maximum Gasteiger partial charge on any atom is 0.257 e. The van der Waals surface area contributed by atoms with Crippen molar-refractivity contribution in [1.82, 2.24) is 15.5 Å². The van der Waals surface area contributed by atoms with Crippen molar-refractivity contribution < 1.29 is 4.52 Å². The molecule has 0 bridgehead atoms. The minimum absolute atomic E-state index is 0.631. The van der Waals surface area contributed by atoms with Gasteiger partial charge in [0.1, 0.15) is 0 Å². The molecule has 2 heterocycles. The van der Waals surface area contributed by atoms with Gasteiger partial charge >= 0.3 is 0 Å². The normalized spacial score (nSPS) is 14.5. The molecule has 3 rings (SSSR count). The van der Waals surface area contributed by atoms with Crippen LogP contribution in [-0.4, -0.2) is 16.7 Å². The molecule has 1 aromatic carbocycles. The summed E-state index contributed by atoms with van der Waals surface area (Å²) in [6.07, 6.45) is 3.00. The highest BCUT2D eigenvalue weighted by atomic mass is 16.5. The van der Waals surface area contributed by atoms with Crippen LogP contribution in [-0.2, 0) is 19.4 Å². The molecular formula is C14H17N3O. The topological polar surface area (TPSA) is 51.0 Å². The molecule has 0 aliphatic carbocycles. The van der Waals surface area contributed by atoms with Gasteiger partial charge in [0, 0.05) is 18.5 Å². The molecule has 0 unspecified atom stereocenters. The van der Waals surface area contributed by atoms with Gasteiger partial charge in [0.25, 0.3) is 5.89 Å². The number of fused-ring (bicyclic) bond motifs is 1. The van der Waals surface area contributed by atoms with E-state index in [4.69, 9.17) is 4.52 Å². The van der Waals surface area contributed by atoms with Crippen LogP contribution >= 0.6 is 0 Å². The molecule has 1 aliphatic rings. The number of nitrogens with zero attached hydrogens (tertiary/aromatic N) is 2. The first-order chi connectivity index (χ1) is 8.86. The maximum atomic E-state index is 5.31. The van der Waals surface area contributed by atoms with Gasteiger partial charge in [-0.3, -0.25) is 0 Å². The van der Waals surface area contributed by atoms with Crippen molar-refractivity contribution in [2.24, 2.45) is 0 Å². The third-order valence-corrected chi connectivity index (χ3v) is 3.28. The van der Waals surface area contributed by atoms with E-state index in [1.165, 1.54) is 11.1 Å². The summed E-state index contributed by atoms with van der Waals surface area (Å²) in [4.78, 5) is 4.42. The lowest BCUT2D eigenvalue weighted by Crippen LogP contribution is -2.23. The van der Waals surface area contributed by atoms with Crippen LogP contribution in [0.3, 0.4) is 0 Å². The SMILES string of the molecule is CCCc1noc(-c2ccc3c(c2)CNCC3)n1. The van der Waals surface area contributed by atoms with Crippen LogP contribution in [0.5, 0.6) is 0 Å². The Bertz CT molecular complexity index is 548. The highest BCUT2D eigenvalue weighted by Crippen LogP contribution is 2.23. The van der Waals surface area contributed by atoms with Crippen LogP contribution in [0.2, 0.25) is 0 Å². The number of benzene rings is 1. The summed E-state index contributed by atoms with van der Waals surface area (Å²) in [6.45, 7) is 4.10. The highest BCUT2D eigenvalue weighted by Gasteiger charge is 2.13. The molecule has 0 fully saturated rings. The fraction of sp³-hybridized carbons (Fsp3) is 0.429. The molecule has 0 saturated carbocycles. The molecule has 0 amide bonds. The van der Waals surface area contributed by atoms with E-state index in [1.54, 1.807) is 0 Å². The van der Waals surface area contributed by atoms with Gasteiger partial charge in [0.2, 0.25) is 0 Å². The molecule has 4 nitrogen and oxygen atoms in total. The predicted molar refractivity (Wildman–Crippen MR) is 69.1 cm³/mol. The van der Waals surface area contributed by atoms with Crippen LogP contribution in [0.4, 0.5) is 0 Å². The standard InChI is InChI=1S/C14H17N3O/c1-2-3-13-16-14(18-17-13)11-5-4-10-6-7-15-9-12(10)8-11/h4-5,8,15H,2-3,6-7,9H2,1H3. The number of hydrogen-bond donors (Lipinski definition) is 1. The Morgan fingerprint density at radius 3 is 3.17 bits per heavy atom. The summed E-state index contributed by atoms with van der Waals surface area (Å²) in [5, 5.41) is 7.37. The zero-order valence-electron chi connectivity index (χ0n) is 10.6. The van der Waals surface area contributed by atoms with Crippen LogP contribution < -0.4 is 5.32 Å². The summed E-state index contributed by atoms with van der Waals surface area (Å²) >= 11 is 0. The molecule has 0 saturated heterocycles. The Labute approximate surface area is 106 Å². The first-order valence-electron chi connectivity index (χ1n) is 6.52. The maximum absolute atomic E-state index is 5.31. The van der Waals surface area contributed by atoms with Crippen molar-refractivity contribution in [3.63, 3.8) is 0 Å². The smallest absolute Gasteiger partial charge is 0.257 e. The van der Waals surface area contributed by atoms with E-state index in [-0.39, 0.29) is 0 Å². The largest absolute Gasteiger partial charge is 0.334 e. The van der Waals surface area contributed by atoms with Gasteiger partial charge in [-0.2, -0.15) is 4.98 Å². The van der Waals surface area contributed by atoms with E-state index in [1.807, 2.05) is 0 Å². The Morgan fingerprint density at radius 2 is 2.28 bits per heavy atom. The van der Waals surface area contributed by atoms with Crippen molar-refractivity contribution in [1.29, 1.82) is 0 Å². The molecule has 1 aliphatic heterocycles. The van der Waals surface area contributed by atoms with Crippen LogP contribution in [0.1, 0.15) is 30.3 Å². The van der Waals surface area contributed by atoms with Crippen LogP contribution in [0, 0.1) is 0 Å². The van der Waals surface area contributed by atoms with Gasteiger partial charge in [-0.1, -0.05) is 18.1 Å². The second-order valence-corrected chi connectivity index (χ2v) is 4.68. The van der Waals surface area contributed by atoms with Gasteiger partial charge in [-0.05, 0) is 42.6 Å². The molecule has 1 N–H and O–H groups in total. The molecule has 1 aromatic heterocycles. The first-order valence-corrected chi connectivity index (χ1v) is 6.52. The third-order valence-electron chi connectivity index (χ3n) is 3.28. The molecule has 18 heavy (non-hydrogen) atoms. The predicted octanol–water partition coefficient (Wildman–Crippen LogP) is 2.33.